The smallest absolute Gasteiger partial charge is 0.220 e. The first-order valence-electron chi connectivity index (χ1n) is 28.3. The molecule has 0 aromatic heterocycles. The molecule has 0 rings (SSSR count). The van der Waals surface area contributed by atoms with Crippen LogP contribution in [-0.2, 0) is 4.79 Å². The molecule has 0 bridgehead atoms. The van der Waals surface area contributed by atoms with Crippen molar-refractivity contribution in [3.8, 4) is 0 Å². The number of nitrogens with one attached hydrogen (secondary N) is 1. The van der Waals surface area contributed by atoms with Crippen molar-refractivity contribution in [3.63, 3.8) is 0 Å². The second-order valence-electron chi connectivity index (χ2n) is 19.9. The zero-order valence-corrected chi connectivity index (χ0v) is 41.8. The van der Waals surface area contributed by atoms with E-state index in [0.717, 1.165) is 32.1 Å². The van der Waals surface area contributed by atoms with Crippen molar-refractivity contribution in [3.05, 3.63) is 0 Å². The van der Waals surface area contributed by atoms with Gasteiger partial charge in [0.05, 0.1) is 18.8 Å². The summed E-state index contributed by atoms with van der Waals surface area (Å²) in [5.74, 6) is -0.137. The van der Waals surface area contributed by atoms with Crippen molar-refractivity contribution in [1.82, 2.24) is 5.32 Å². The lowest BCUT2D eigenvalue weighted by Crippen LogP contribution is -2.50. The quantitative estimate of drug-likeness (QED) is 0.0459. The van der Waals surface area contributed by atoms with Crippen molar-refractivity contribution in [2.75, 3.05) is 6.61 Å². The van der Waals surface area contributed by atoms with E-state index in [0.29, 0.717) is 12.8 Å². The molecule has 3 atom stereocenters. The maximum absolute atomic E-state index is 12.5. The number of rotatable bonds is 53. The van der Waals surface area contributed by atoms with Crippen molar-refractivity contribution in [2.45, 2.75) is 347 Å². The monoisotopic (exact) mass is 864 g/mol. The lowest BCUT2D eigenvalue weighted by molar-refractivity contribution is -0.124. The lowest BCUT2D eigenvalue weighted by atomic mass is 9.99. The van der Waals surface area contributed by atoms with Gasteiger partial charge in [-0.05, 0) is 12.8 Å². The van der Waals surface area contributed by atoms with Crippen LogP contribution in [0.2, 0.25) is 0 Å². The number of carbonyl (C=O) groups is 1. The first kappa shape index (κ1) is 60.4. The summed E-state index contributed by atoms with van der Waals surface area (Å²) in [4.78, 5) is 12.5. The molecule has 0 aromatic carbocycles. The first-order chi connectivity index (χ1) is 30.1. The zero-order chi connectivity index (χ0) is 44.4. The fourth-order valence-corrected chi connectivity index (χ4v) is 9.34. The molecular formula is C56H113NO4. The van der Waals surface area contributed by atoms with E-state index >= 15 is 0 Å². The Morgan fingerprint density at radius 1 is 0.344 bits per heavy atom. The molecule has 0 heterocycles. The van der Waals surface area contributed by atoms with E-state index in [2.05, 4.69) is 19.2 Å². The molecule has 0 aliphatic heterocycles. The number of aliphatic hydroxyl groups is 3. The molecule has 0 spiro atoms. The van der Waals surface area contributed by atoms with Gasteiger partial charge in [0.2, 0.25) is 5.91 Å². The van der Waals surface area contributed by atoms with Crippen molar-refractivity contribution in [1.29, 1.82) is 0 Å². The first-order valence-corrected chi connectivity index (χ1v) is 28.3. The molecule has 4 N–H and O–H groups in total. The maximum Gasteiger partial charge on any atom is 0.220 e. The highest BCUT2D eigenvalue weighted by atomic mass is 16.3. The Kier molecular flexibility index (Phi) is 51.4. The second kappa shape index (κ2) is 52.0. The number of carbonyl (C=O) groups excluding carboxylic acids is 1. The summed E-state index contributed by atoms with van der Waals surface area (Å²) < 4.78 is 0. The highest BCUT2D eigenvalue weighted by Gasteiger charge is 2.26. The molecule has 0 saturated heterocycles. The highest BCUT2D eigenvalue weighted by Crippen LogP contribution is 2.19. The highest BCUT2D eigenvalue weighted by molar-refractivity contribution is 5.76. The van der Waals surface area contributed by atoms with Gasteiger partial charge in [0.1, 0.15) is 6.10 Å². The van der Waals surface area contributed by atoms with Crippen LogP contribution in [0.4, 0.5) is 0 Å². The van der Waals surface area contributed by atoms with Crippen LogP contribution < -0.4 is 5.32 Å². The van der Waals surface area contributed by atoms with Gasteiger partial charge in [-0.1, -0.05) is 309 Å². The molecule has 0 radical (unpaired) electrons. The molecule has 0 aliphatic rings. The minimum Gasteiger partial charge on any atom is -0.394 e. The Bertz CT molecular complexity index is 822. The largest absolute Gasteiger partial charge is 0.394 e. The molecule has 1 amide bonds. The standard InChI is InChI=1S/C56H113NO4/c1-3-5-7-9-11-13-15-17-19-20-21-22-23-24-25-26-27-28-29-30-31-32-33-34-35-36-37-39-41-43-45-47-49-51-55(60)57-53(52-58)56(61)54(59)50-48-46-44-42-40-38-18-16-14-12-10-8-6-4-2/h53-54,56,58-59,61H,3-52H2,1-2H3,(H,57,60)/t53-,54+,56-/m0/s1. The van der Waals surface area contributed by atoms with E-state index in [9.17, 15) is 20.1 Å². The van der Waals surface area contributed by atoms with Crippen LogP contribution in [0, 0.1) is 0 Å². The molecule has 0 aliphatic carbocycles. The number of hydrogen-bond donors (Lipinski definition) is 4. The molecule has 366 valence electrons. The number of hydrogen-bond acceptors (Lipinski definition) is 4. The van der Waals surface area contributed by atoms with E-state index in [1.54, 1.807) is 0 Å². The summed E-state index contributed by atoms with van der Waals surface area (Å²) >= 11 is 0. The number of aliphatic hydroxyl groups excluding tert-OH is 3. The molecule has 0 unspecified atom stereocenters. The number of amides is 1. The summed E-state index contributed by atoms with van der Waals surface area (Å²) in [6, 6.07) is -0.803. The van der Waals surface area contributed by atoms with Crippen molar-refractivity contribution >= 4 is 5.91 Å². The van der Waals surface area contributed by atoms with Crippen LogP contribution in [0.1, 0.15) is 328 Å². The average molecular weight is 865 g/mol. The van der Waals surface area contributed by atoms with E-state index in [1.807, 2.05) is 0 Å². The minimum atomic E-state index is -1.13. The summed E-state index contributed by atoms with van der Waals surface area (Å²) in [6.45, 7) is 4.21. The Morgan fingerprint density at radius 2 is 0.557 bits per heavy atom. The molecule has 61 heavy (non-hydrogen) atoms. The van der Waals surface area contributed by atoms with Gasteiger partial charge < -0.3 is 20.6 Å². The number of unbranched alkanes of at least 4 members (excludes halogenated alkanes) is 45. The predicted octanol–water partition coefficient (Wildman–Crippen LogP) is 17.3. The Hall–Kier alpha value is -0.650. The van der Waals surface area contributed by atoms with E-state index in [1.165, 1.54) is 270 Å². The van der Waals surface area contributed by atoms with Crippen LogP contribution in [0.5, 0.6) is 0 Å². The predicted molar refractivity (Wildman–Crippen MR) is 269 cm³/mol. The van der Waals surface area contributed by atoms with Gasteiger partial charge in [0, 0.05) is 6.42 Å². The van der Waals surface area contributed by atoms with Gasteiger partial charge in [-0.25, -0.2) is 0 Å². The normalized spacial score (nSPS) is 13.2. The Morgan fingerprint density at radius 3 is 0.787 bits per heavy atom. The summed E-state index contributed by atoms with van der Waals surface area (Å²) in [5.41, 5.74) is 0. The fraction of sp³-hybridized carbons (Fsp3) is 0.982. The van der Waals surface area contributed by atoms with E-state index < -0.39 is 18.2 Å². The third kappa shape index (κ3) is 47.1. The van der Waals surface area contributed by atoms with Gasteiger partial charge in [-0.2, -0.15) is 0 Å². The summed E-state index contributed by atoms with van der Waals surface area (Å²) in [7, 11) is 0. The van der Waals surface area contributed by atoms with Gasteiger partial charge >= 0.3 is 0 Å². The molecule has 5 nitrogen and oxygen atoms in total. The summed E-state index contributed by atoms with van der Waals surface area (Å²) in [6.07, 6.45) is 62.7. The third-order valence-electron chi connectivity index (χ3n) is 13.7. The summed E-state index contributed by atoms with van der Waals surface area (Å²) in [5, 5.41) is 33.7. The SMILES string of the molecule is CCCCCCCCCCCCCCCCCCCCCCCCCCCCCCCCCCCC(=O)N[C@@H](CO)[C@H](O)[C@H](O)CCCCCCCCCCCCCCCC. The Balaban J connectivity index is 3.42. The Labute approximate surface area is 383 Å². The average Bonchev–Trinajstić information content (AvgIpc) is 3.26. The van der Waals surface area contributed by atoms with Crippen molar-refractivity contribution < 1.29 is 20.1 Å². The van der Waals surface area contributed by atoms with Crippen LogP contribution >= 0.6 is 0 Å². The second-order valence-corrected chi connectivity index (χ2v) is 19.9. The van der Waals surface area contributed by atoms with Crippen LogP contribution in [0.3, 0.4) is 0 Å². The lowest BCUT2D eigenvalue weighted by Gasteiger charge is -2.26. The zero-order valence-electron chi connectivity index (χ0n) is 41.8. The molecule has 0 aromatic rings. The minimum absolute atomic E-state index is 0.137. The van der Waals surface area contributed by atoms with Crippen molar-refractivity contribution in [2.24, 2.45) is 0 Å². The molecule has 5 heteroatoms. The molecule has 0 saturated carbocycles. The van der Waals surface area contributed by atoms with E-state index in [4.69, 9.17) is 0 Å². The topological polar surface area (TPSA) is 89.8 Å². The van der Waals surface area contributed by atoms with Crippen LogP contribution in [0.15, 0.2) is 0 Å². The van der Waals surface area contributed by atoms with Gasteiger partial charge in [-0.15, -0.1) is 0 Å². The fourth-order valence-electron chi connectivity index (χ4n) is 9.34. The van der Waals surface area contributed by atoms with Crippen LogP contribution in [0.25, 0.3) is 0 Å². The van der Waals surface area contributed by atoms with Gasteiger partial charge in [0.25, 0.3) is 0 Å². The van der Waals surface area contributed by atoms with Gasteiger partial charge in [-0.3, -0.25) is 4.79 Å². The van der Waals surface area contributed by atoms with E-state index in [-0.39, 0.29) is 12.5 Å². The molecule has 0 fully saturated rings. The van der Waals surface area contributed by atoms with Crippen LogP contribution in [-0.4, -0.2) is 46.1 Å². The third-order valence-corrected chi connectivity index (χ3v) is 13.7. The van der Waals surface area contributed by atoms with Gasteiger partial charge in [0.15, 0.2) is 0 Å². The maximum atomic E-state index is 12.5. The molecular weight excluding hydrogens is 751 g/mol.